The third kappa shape index (κ3) is 5.38. The van der Waals surface area contributed by atoms with Crippen LogP contribution in [0.5, 0.6) is 11.5 Å². The number of benzene rings is 1. The lowest BCUT2D eigenvalue weighted by Gasteiger charge is -2.15. The summed E-state index contributed by atoms with van der Waals surface area (Å²) in [5.74, 6) is 0.260. The van der Waals surface area contributed by atoms with Gasteiger partial charge in [0.25, 0.3) is 0 Å². The minimum Gasteiger partial charge on any atom is -0.493 e. The maximum Gasteiger partial charge on any atom is 0.241 e. The van der Waals surface area contributed by atoms with Crippen molar-refractivity contribution < 1.29 is 27.4 Å². The van der Waals surface area contributed by atoms with Gasteiger partial charge in [-0.2, -0.15) is 4.72 Å². The number of hydrogen-bond acceptors (Lipinski definition) is 6. The number of carbonyl (C=O) groups excluding carboxylic acids is 1. The molecular weight excluding hydrogens is 324 g/mol. The zero-order valence-electron chi connectivity index (χ0n) is 13.6. The Kier molecular flexibility index (Phi) is 7.27. The molecule has 1 rings (SSSR count). The van der Waals surface area contributed by atoms with Crippen molar-refractivity contribution in [1.29, 1.82) is 0 Å². The quantitative estimate of drug-likeness (QED) is 0.616. The van der Waals surface area contributed by atoms with Gasteiger partial charge in [-0.1, -0.05) is 0 Å². The molecule has 1 aromatic rings. The van der Waals surface area contributed by atoms with Crippen LogP contribution in [0.25, 0.3) is 0 Å². The molecule has 1 atom stereocenters. The Labute approximate surface area is 136 Å². The highest BCUT2D eigenvalue weighted by atomic mass is 32.2. The monoisotopic (exact) mass is 346 g/mol. The van der Waals surface area contributed by atoms with Crippen LogP contribution in [0.2, 0.25) is 0 Å². The fraction of sp³-hybridized carbons (Fsp3) is 0.500. The normalized spacial score (nSPS) is 12.5. The smallest absolute Gasteiger partial charge is 0.241 e. The van der Waals surface area contributed by atoms with Gasteiger partial charge in [0.15, 0.2) is 11.5 Å². The van der Waals surface area contributed by atoms with Gasteiger partial charge in [0.05, 0.1) is 31.8 Å². The SMILES string of the molecule is COCCNC(=O)[C@@H](C)NS(=O)(=O)c1ccc(OC)c(OC)c1. The zero-order valence-corrected chi connectivity index (χ0v) is 14.4. The maximum atomic E-state index is 12.3. The minimum absolute atomic E-state index is 0.0216. The van der Waals surface area contributed by atoms with Gasteiger partial charge in [0.1, 0.15) is 0 Å². The molecule has 0 spiro atoms. The Morgan fingerprint density at radius 2 is 1.83 bits per heavy atom. The van der Waals surface area contributed by atoms with Gasteiger partial charge < -0.3 is 19.5 Å². The van der Waals surface area contributed by atoms with E-state index in [0.717, 1.165) is 0 Å². The highest BCUT2D eigenvalue weighted by Gasteiger charge is 2.23. The average molecular weight is 346 g/mol. The van der Waals surface area contributed by atoms with E-state index < -0.39 is 22.0 Å². The van der Waals surface area contributed by atoms with Gasteiger partial charge in [0.2, 0.25) is 15.9 Å². The molecule has 0 saturated heterocycles. The lowest BCUT2D eigenvalue weighted by atomic mass is 10.3. The van der Waals surface area contributed by atoms with Gasteiger partial charge in [-0.25, -0.2) is 8.42 Å². The van der Waals surface area contributed by atoms with Crippen molar-refractivity contribution in [1.82, 2.24) is 10.0 Å². The van der Waals surface area contributed by atoms with Crippen LogP contribution in [0.1, 0.15) is 6.92 Å². The van der Waals surface area contributed by atoms with Crippen molar-refractivity contribution >= 4 is 15.9 Å². The molecule has 1 amide bonds. The number of amides is 1. The molecule has 0 heterocycles. The van der Waals surface area contributed by atoms with Gasteiger partial charge >= 0.3 is 0 Å². The summed E-state index contributed by atoms with van der Waals surface area (Å²) < 4.78 is 41.9. The molecule has 23 heavy (non-hydrogen) atoms. The highest BCUT2D eigenvalue weighted by Crippen LogP contribution is 2.29. The van der Waals surface area contributed by atoms with Crippen LogP contribution in [-0.2, 0) is 19.6 Å². The number of rotatable bonds is 9. The number of methoxy groups -OCH3 is 3. The van der Waals surface area contributed by atoms with Gasteiger partial charge in [-0.05, 0) is 19.1 Å². The van der Waals surface area contributed by atoms with Gasteiger partial charge in [-0.3, -0.25) is 4.79 Å². The van der Waals surface area contributed by atoms with Crippen LogP contribution in [-0.4, -0.2) is 54.8 Å². The van der Waals surface area contributed by atoms with Crippen LogP contribution >= 0.6 is 0 Å². The predicted molar refractivity (Wildman–Crippen MR) is 84.2 cm³/mol. The van der Waals surface area contributed by atoms with Gasteiger partial charge in [-0.15, -0.1) is 0 Å². The number of hydrogen-bond donors (Lipinski definition) is 2. The molecule has 130 valence electrons. The summed E-state index contributed by atoms with van der Waals surface area (Å²) in [6, 6.07) is 3.26. The summed E-state index contributed by atoms with van der Waals surface area (Å²) in [4.78, 5) is 11.8. The molecule has 0 saturated carbocycles. The van der Waals surface area contributed by atoms with Gasteiger partial charge in [0, 0.05) is 19.7 Å². The standard InChI is InChI=1S/C14H22N2O6S/c1-10(14(17)15-7-8-20-2)16-23(18,19)11-5-6-12(21-3)13(9-11)22-4/h5-6,9-10,16H,7-8H2,1-4H3,(H,15,17)/t10-/m1/s1. The fourth-order valence-electron chi connectivity index (χ4n) is 1.77. The van der Waals surface area contributed by atoms with E-state index in [-0.39, 0.29) is 10.6 Å². The molecule has 0 aliphatic heterocycles. The Morgan fingerprint density at radius 3 is 2.39 bits per heavy atom. The maximum absolute atomic E-state index is 12.3. The number of nitrogens with one attached hydrogen (secondary N) is 2. The summed E-state index contributed by atoms with van der Waals surface area (Å²) in [5.41, 5.74) is 0. The molecule has 0 bridgehead atoms. The highest BCUT2D eigenvalue weighted by molar-refractivity contribution is 7.89. The third-order valence-corrected chi connectivity index (χ3v) is 4.53. The van der Waals surface area contributed by atoms with E-state index in [4.69, 9.17) is 14.2 Å². The molecule has 0 radical (unpaired) electrons. The van der Waals surface area contributed by atoms with E-state index in [1.54, 1.807) is 0 Å². The van der Waals surface area contributed by atoms with Crippen molar-refractivity contribution in [3.05, 3.63) is 18.2 Å². The number of ether oxygens (including phenoxy) is 3. The summed E-state index contributed by atoms with van der Waals surface area (Å²) in [6.07, 6.45) is 0. The Bertz CT molecular complexity index is 632. The zero-order chi connectivity index (χ0) is 17.5. The van der Waals surface area contributed by atoms with Crippen molar-refractivity contribution in [2.75, 3.05) is 34.5 Å². The molecule has 0 aliphatic carbocycles. The van der Waals surface area contributed by atoms with Crippen molar-refractivity contribution in [2.45, 2.75) is 17.9 Å². The third-order valence-electron chi connectivity index (χ3n) is 3.00. The summed E-state index contributed by atoms with van der Waals surface area (Å²) in [6.45, 7) is 2.11. The van der Waals surface area contributed by atoms with E-state index >= 15 is 0 Å². The molecule has 9 heteroatoms. The molecule has 0 aliphatic rings. The topological polar surface area (TPSA) is 103 Å². The van der Waals surface area contributed by atoms with Crippen LogP contribution in [0.3, 0.4) is 0 Å². The second kappa shape index (κ2) is 8.70. The lowest BCUT2D eigenvalue weighted by molar-refractivity contribution is -0.122. The Balaban J connectivity index is 2.84. The second-order valence-electron chi connectivity index (χ2n) is 4.64. The van der Waals surface area contributed by atoms with Crippen molar-refractivity contribution in [3.63, 3.8) is 0 Å². The van der Waals surface area contributed by atoms with Crippen LogP contribution < -0.4 is 19.5 Å². The largest absolute Gasteiger partial charge is 0.493 e. The Hall–Kier alpha value is -1.84. The van der Waals surface area contributed by atoms with Crippen LogP contribution in [0.4, 0.5) is 0 Å². The molecule has 0 fully saturated rings. The summed E-state index contributed by atoms with van der Waals surface area (Å²) in [5, 5.41) is 2.56. The fourth-order valence-corrected chi connectivity index (χ4v) is 2.99. The van der Waals surface area contributed by atoms with Crippen LogP contribution in [0, 0.1) is 0 Å². The predicted octanol–water partition coefficient (Wildman–Crippen LogP) is 0.133. The van der Waals surface area contributed by atoms with E-state index in [2.05, 4.69) is 10.0 Å². The molecule has 0 unspecified atom stereocenters. The summed E-state index contributed by atoms with van der Waals surface area (Å²) >= 11 is 0. The van der Waals surface area contributed by atoms with Crippen molar-refractivity contribution in [3.8, 4) is 11.5 Å². The van der Waals surface area contributed by atoms with Crippen molar-refractivity contribution in [2.24, 2.45) is 0 Å². The first-order valence-electron chi connectivity index (χ1n) is 6.86. The molecular formula is C14H22N2O6S. The first-order valence-corrected chi connectivity index (χ1v) is 8.35. The van der Waals surface area contributed by atoms with E-state index in [0.29, 0.717) is 18.9 Å². The van der Waals surface area contributed by atoms with Crippen LogP contribution in [0.15, 0.2) is 23.1 Å². The Morgan fingerprint density at radius 1 is 1.17 bits per heavy atom. The van der Waals surface area contributed by atoms with E-state index in [1.807, 2.05) is 0 Å². The lowest BCUT2D eigenvalue weighted by Crippen LogP contribution is -2.45. The number of carbonyl (C=O) groups is 1. The van der Waals surface area contributed by atoms with E-state index in [9.17, 15) is 13.2 Å². The molecule has 2 N–H and O–H groups in total. The molecule has 0 aromatic heterocycles. The van der Waals surface area contributed by atoms with E-state index in [1.165, 1.54) is 46.5 Å². The minimum atomic E-state index is -3.87. The molecule has 1 aromatic carbocycles. The molecule has 8 nitrogen and oxygen atoms in total. The first kappa shape index (κ1) is 19.2. The average Bonchev–Trinajstić information content (AvgIpc) is 2.53. The number of sulfonamides is 1. The summed E-state index contributed by atoms with van der Waals surface area (Å²) in [7, 11) is 0.504. The first-order chi connectivity index (χ1) is 10.9. The second-order valence-corrected chi connectivity index (χ2v) is 6.36.